The van der Waals surface area contributed by atoms with Gasteiger partial charge in [0.25, 0.3) is 0 Å². The Morgan fingerprint density at radius 1 is 1.04 bits per heavy atom. The average molecular weight is 393 g/mol. The molecule has 28 heavy (non-hydrogen) atoms. The quantitative estimate of drug-likeness (QED) is 0.680. The Morgan fingerprint density at radius 2 is 1.71 bits per heavy atom. The van der Waals surface area contributed by atoms with Gasteiger partial charge in [0.2, 0.25) is 0 Å². The van der Waals surface area contributed by atoms with E-state index < -0.39 is 11.5 Å². The van der Waals surface area contributed by atoms with Crippen molar-refractivity contribution < 1.29 is 9.90 Å². The molecule has 3 aromatic rings. The molecule has 0 saturated carbocycles. The number of carboxylic acid groups (broad SMARTS) is 1. The van der Waals surface area contributed by atoms with Crippen LogP contribution < -0.4 is 5.32 Å². The summed E-state index contributed by atoms with van der Waals surface area (Å²) < 4.78 is 0. The van der Waals surface area contributed by atoms with Crippen LogP contribution in [0.4, 0.5) is 5.69 Å². The highest BCUT2D eigenvalue weighted by molar-refractivity contribution is 6.34. The maximum Gasteiger partial charge on any atom is 0.335 e. The van der Waals surface area contributed by atoms with Gasteiger partial charge in [-0.15, -0.1) is 0 Å². The predicted molar refractivity (Wildman–Crippen MR) is 109 cm³/mol. The number of carboxylic acids is 1. The zero-order chi connectivity index (χ0) is 19.9. The summed E-state index contributed by atoms with van der Waals surface area (Å²) in [7, 11) is 0. The zero-order valence-corrected chi connectivity index (χ0v) is 16.0. The van der Waals surface area contributed by atoms with Crippen LogP contribution in [-0.4, -0.2) is 26.9 Å². The van der Waals surface area contributed by atoms with Crippen LogP contribution in [0.25, 0.3) is 11.1 Å². The number of anilines is 1. The van der Waals surface area contributed by atoms with Gasteiger partial charge in [0.05, 0.1) is 21.8 Å². The fourth-order valence-corrected chi connectivity index (χ4v) is 3.38. The highest BCUT2D eigenvalue weighted by Crippen LogP contribution is 2.39. The molecule has 140 valence electrons. The van der Waals surface area contributed by atoms with Gasteiger partial charge in [-0.2, -0.15) is 0 Å². The fourth-order valence-electron chi connectivity index (χ4n) is 3.16. The van der Waals surface area contributed by atoms with Crippen molar-refractivity contribution in [2.75, 3.05) is 5.32 Å². The number of nitrogens with one attached hydrogen (secondary N) is 1. The molecule has 1 aromatic heterocycles. The van der Waals surface area contributed by atoms with Crippen molar-refractivity contribution in [1.82, 2.24) is 9.97 Å². The molecular formula is C21H17ClN4O2. The SMILES string of the molecule is CC1(C)N=C(c2ncc(-c3ccc(C(=O)O)cc3)cn2)Nc2c(Cl)cccc21. The second-order valence-electron chi connectivity index (χ2n) is 6.98. The highest BCUT2D eigenvalue weighted by Gasteiger charge is 2.30. The molecule has 1 aliphatic rings. The highest BCUT2D eigenvalue weighted by atomic mass is 35.5. The van der Waals surface area contributed by atoms with E-state index in [4.69, 9.17) is 21.7 Å². The Morgan fingerprint density at radius 3 is 2.36 bits per heavy atom. The molecule has 4 rings (SSSR count). The molecule has 0 unspecified atom stereocenters. The van der Waals surface area contributed by atoms with Crippen LogP contribution >= 0.6 is 11.6 Å². The van der Waals surface area contributed by atoms with Crippen LogP contribution in [0.2, 0.25) is 5.02 Å². The molecule has 0 saturated heterocycles. The number of halogens is 1. The number of benzene rings is 2. The van der Waals surface area contributed by atoms with Gasteiger partial charge in [-0.25, -0.2) is 14.8 Å². The van der Waals surface area contributed by atoms with E-state index in [2.05, 4.69) is 15.3 Å². The van der Waals surface area contributed by atoms with Gasteiger partial charge in [0.15, 0.2) is 11.7 Å². The molecule has 6 nitrogen and oxygen atoms in total. The Labute approximate surface area is 167 Å². The third-order valence-electron chi connectivity index (χ3n) is 4.64. The molecule has 2 N–H and O–H groups in total. The number of hydrogen-bond donors (Lipinski definition) is 2. The number of nitrogens with zero attached hydrogens (tertiary/aromatic N) is 3. The number of amidine groups is 1. The Balaban J connectivity index is 1.65. The van der Waals surface area contributed by atoms with E-state index in [0.717, 1.165) is 22.4 Å². The maximum absolute atomic E-state index is 11.0. The van der Waals surface area contributed by atoms with E-state index in [1.54, 1.807) is 36.7 Å². The molecule has 0 fully saturated rings. The van der Waals surface area contributed by atoms with Crippen molar-refractivity contribution in [1.29, 1.82) is 0 Å². The number of carbonyl (C=O) groups is 1. The topological polar surface area (TPSA) is 87.5 Å². The minimum Gasteiger partial charge on any atom is -0.478 e. The van der Waals surface area contributed by atoms with E-state index in [9.17, 15) is 4.79 Å². The molecule has 2 heterocycles. The van der Waals surface area contributed by atoms with Crippen molar-refractivity contribution in [3.8, 4) is 11.1 Å². The van der Waals surface area contributed by atoms with Crippen LogP contribution in [0.1, 0.15) is 35.6 Å². The molecule has 0 radical (unpaired) electrons. The number of aromatic nitrogens is 2. The normalized spacial score (nSPS) is 14.6. The van der Waals surface area contributed by atoms with Gasteiger partial charge in [0.1, 0.15) is 0 Å². The first-order valence-electron chi connectivity index (χ1n) is 8.67. The van der Waals surface area contributed by atoms with E-state index in [1.165, 1.54) is 0 Å². The van der Waals surface area contributed by atoms with Crippen molar-refractivity contribution in [2.24, 2.45) is 4.99 Å². The first-order chi connectivity index (χ1) is 13.3. The predicted octanol–water partition coefficient (Wildman–Crippen LogP) is 4.60. The monoisotopic (exact) mass is 392 g/mol. The maximum atomic E-state index is 11.0. The van der Waals surface area contributed by atoms with Crippen LogP contribution in [-0.2, 0) is 5.54 Å². The van der Waals surface area contributed by atoms with Gasteiger partial charge in [-0.05, 0) is 37.6 Å². The van der Waals surface area contributed by atoms with Crippen LogP contribution in [0, 0.1) is 0 Å². The summed E-state index contributed by atoms with van der Waals surface area (Å²) in [6.45, 7) is 4.03. The molecule has 2 aromatic carbocycles. The van der Waals surface area contributed by atoms with Crippen LogP contribution in [0.5, 0.6) is 0 Å². The summed E-state index contributed by atoms with van der Waals surface area (Å²) in [5.41, 5.74) is 3.23. The average Bonchev–Trinajstić information content (AvgIpc) is 2.68. The number of aromatic carboxylic acids is 1. The number of aliphatic imine (C=N–C) groups is 1. The number of fused-ring (bicyclic) bond motifs is 1. The van der Waals surface area contributed by atoms with Gasteiger partial charge >= 0.3 is 5.97 Å². The van der Waals surface area contributed by atoms with E-state index in [1.807, 2.05) is 32.0 Å². The zero-order valence-electron chi connectivity index (χ0n) is 15.3. The Kier molecular flexibility index (Phi) is 4.35. The number of para-hydroxylation sites is 1. The standard InChI is InChI=1S/C21H17ClN4O2/c1-21(2)15-4-3-5-16(22)17(15)25-19(26-21)18-23-10-14(11-24-18)12-6-8-13(9-7-12)20(27)28/h3-11H,1-2H3,(H,25,26)(H,27,28). The second-order valence-corrected chi connectivity index (χ2v) is 7.39. The van der Waals surface area contributed by atoms with Crippen molar-refractivity contribution in [3.63, 3.8) is 0 Å². The summed E-state index contributed by atoms with van der Waals surface area (Å²) in [6.07, 6.45) is 3.38. The summed E-state index contributed by atoms with van der Waals surface area (Å²) in [5, 5.41) is 12.9. The van der Waals surface area contributed by atoms with Gasteiger partial charge in [0, 0.05) is 23.5 Å². The smallest absolute Gasteiger partial charge is 0.335 e. The Bertz CT molecular complexity index is 1090. The van der Waals surface area contributed by atoms with Crippen molar-refractivity contribution in [3.05, 3.63) is 76.8 Å². The second kappa shape index (κ2) is 6.73. The van der Waals surface area contributed by atoms with Crippen LogP contribution in [0.15, 0.2) is 59.9 Å². The first-order valence-corrected chi connectivity index (χ1v) is 9.05. The van der Waals surface area contributed by atoms with Gasteiger partial charge < -0.3 is 10.4 Å². The summed E-state index contributed by atoms with van der Waals surface area (Å²) in [4.78, 5) is 24.6. The minimum atomic E-state index is -0.957. The summed E-state index contributed by atoms with van der Waals surface area (Å²) >= 11 is 6.36. The van der Waals surface area contributed by atoms with E-state index >= 15 is 0 Å². The molecular weight excluding hydrogens is 376 g/mol. The number of rotatable bonds is 3. The van der Waals surface area contributed by atoms with Gasteiger partial charge in [-0.1, -0.05) is 35.9 Å². The lowest BCUT2D eigenvalue weighted by Gasteiger charge is -2.30. The third-order valence-corrected chi connectivity index (χ3v) is 4.95. The molecule has 0 spiro atoms. The molecule has 0 aliphatic carbocycles. The lowest BCUT2D eigenvalue weighted by atomic mass is 9.91. The van der Waals surface area contributed by atoms with Crippen molar-refractivity contribution >= 4 is 29.1 Å². The van der Waals surface area contributed by atoms with Crippen molar-refractivity contribution in [2.45, 2.75) is 19.4 Å². The van der Waals surface area contributed by atoms with Gasteiger partial charge in [-0.3, -0.25) is 4.99 Å². The Hall–Kier alpha value is -3.25. The van der Waals surface area contributed by atoms with E-state index in [-0.39, 0.29) is 5.56 Å². The third kappa shape index (κ3) is 3.23. The molecule has 7 heteroatoms. The minimum absolute atomic E-state index is 0.236. The summed E-state index contributed by atoms with van der Waals surface area (Å²) in [5.74, 6) is 0.0593. The first kappa shape index (κ1) is 18.1. The molecule has 0 atom stereocenters. The molecule has 0 bridgehead atoms. The molecule has 0 amide bonds. The van der Waals surface area contributed by atoms with E-state index in [0.29, 0.717) is 16.7 Å². The van der Waals surface area contributed by atoms with Crippen LogP contribution in [0.3, 0.4) is 0 Å². The lowest BCUT2D eigenvalue weighted by Crippen LogP contribution is -2.30. The summed E-state index contributed by atoms with van der Waals surface area (Å²) in [6, 6.07) is 12.3. The molecule has 1 aliphatic heterocycles. The fraction of sp³-hybridized carbons (Fsp3) is 0.143. The number of hydrogen-bond acceptors (Lipinski definition) is 5. The largest absolute Gasteiger partial charge is 0.478 e. The lowest BCUT2D eigenvalue weighted by molar-refractivity contribution is 0.0697.